The van der Waals surface area contributed by atoms with Crippen molar-refractivity contribution in [3.05, 3.63) is 0 Å². The fraction of sp³-hybridized carbons (Fsp3) is 0.933. The van der Waals surface area contributed by atoms with Crippen LogP contribution < -0.4 is 0 Å². The van der Waals surface area contributed by atoms with E-state index in [1.165, 1.54) is 32.1 Å². The van der Waals surface area contributed by atoms with Crippen molar-refractivity contribution in [1.82, 2.24) is 0 Å². The lowest BCUT2D eigenvalue weighted by atomic mass is 10.1. The number of rotatable bonds is 12. The zero-order chi connectivity index (χ0) is 13.6. The molecule has 0 aromatic heterocycles. The zero-order valence-corrected chi connectivity index (χ0v) is 12.4. The van der Waals surface area contributed by atoms with Crippen LogP contribution in [0.5, 0.6) is 0 Å². The minimum Gasteiger partial charge on any atom is -0.465 e. The molecule has 1 unspecified atom stereocenters. The summed E-state index contributed by atoms with van der Waals surface area (Å²) in [7, 11) is 1.66. The minimum absolute atomic E-state index is 0.0634. The van der Waals surface area contributed by atoms with Crippen LogP contribution in [0, 0.1) is 5.92 Å². The summed E-state index contributed by atoms with van der Waals surface area (Å²) in [6, 6.07) is 0. The average molecular weight is 258 g/mol. The molecule has 0 aromatic rings. The second-order valence-electron chi connectivity index (χ2n) is 5.11. The van der Waals surface area contributed by atoms with E-state index in [1.54, 1.807) is 7.11 Å². The Morgan fingerprint density at radius 3 is 2.22 bits per heavy atom. The van der Waals surface area contributed by atoms with Gasteiger partial charge in [-0.05, 0) is 6.42 Å². The fourth-order valence-corrected chi connectivity index (χ4v) is 1.87. The molecule has 3 nitrogen and oxygen atoms in total. The van der Waals surface area contributed by atoms with Gasteiger partial charge in [0.05, 0.1) is 13.2 Å². The zero-order valence-electron chi connectivity index (χ0n) is 12.4. The first-order chi connectivity index (χ1) is 8.70. The number of esters is 1. The standard InChI is InChI=1S/C15H30O3/c1-4-5-6-7-8-9-10-11-15(16)18-13-14(2)12-17-3/h14H,4-13H2,1-3H3. The number of hydrogen-bond donors (Lipinski definition) is 0. The van der Waals surface area contributed by atoms with Gasteiger partial charge in [0.25, 0.3) is 0 Å². The number of carbonyl (C=O) groups is 1. The van der Waals surface area contributed by atoms with Crippen LogP contribution in [0.3, 0.4) is 0 Å². The van der Waals surface area contributed by atoms with Gasteiger partial charge in [-0.15, -0.1) is 0 Å². The molecule has 108 valence electrons. The van der Waals surface area contributed by atoms with Gasteiger partial charge in [-0.1, -0.05) is 52.4 Å². The molecule has 18 heavy (non-hydrogen) atoms. The highest BCUT2D eigenvalue weighted by atomic mass is 16.5. The highest BCUT2D eigenvalue weighted by molar-refractivity contribution is 5.69. The van der Waals surface area contributed by atoms with E-state index in [-0.39, 0.29) is 11.9 Å². The summed E-state index contributed by atoms with van der Waals surface area (Å²) in [6.45, 7) is 5.36. The van der Waals surface area contributed by atoms with E-state index in [2.05, 4.69) is 6.92 Å². The summed E-state index contributed by atoms with van der Waals surface area (Å²) < 4.78 is 10.2. The average Bonchev–Trinajstić information content (AvgIpc) is 2.35. The number of methoxy groups -OCH3 is 1. The van der Waals surface area contributed by atoms with Crippen molar-refractivity contribution >= 4 is 5.97 Å². The predicted octanol–water partition coefficient (Wildman–Crippen LogP) is 3.95. The van der Waals surface area contributed by atoms with E-state index >= 15 is 0 Å². The maximum absolute atomic E-state index is 11.4. The first-order valence-corrected chi connectivity index (χ1v) is 7.35. The molecule has 0 aliphatic carbocycles. The van der Waals surface area contributed by atoms with E-state index in [1.807, 2.05) is 6.92 Å². The summed E-state index contributed by atoms with van der Waals surface area (Å²) >= 11 is 0. The van der Waals surface area contributed by atoms with Crippen LogP contribution in [-0.2, 0) is 14.3 Å². The van der Waals surface area contributed by atoms with Crippen LogP contribution in [0.4, 0.5) is 0 Å². The Hall–Kier alpha value is -0.570. The lowest BCUT2D eigenvalue weighted by Crippen LogP contribution is -2.15. The number of hydrogen-bond acceptors (Lipinski definition) is 3. The molecule has 0 heterocycles. The molecule has 0 aromatic carbocycles. The number of ether oxygens (including phenoxy) is 2. The SMILES string of the molecule is CCCCCCCCCC(=O)OCC(C)COC. The van der Waals surface area contributed by atoms with Gasteiger partial charge in [0.2, 0.25) is 0 Å². The molecule has 0 spiro atoms. The Morgan fingerprint density at radius 1 is 1.00 bits per heavy atom. The minimum atomic E-state index is -0.0634. The van der Waals surface area contributed by atoms with Crippen molar-refractivity contribution in [3.8, 4) is 0 Å². The molecule has 3 heteroatoms. The molecule has 0 fully saturated rings. The van der Waals surface area contributed by atoms with Crippen molar-refractivity contribution in [1.29, 1.82) is 0 Å². The lowest BCUT2D eigenvalue weighted by molar-refractivity contribution is -0.145. The van der Waals surface area contributed by atoms with Gasteiger partial charge in [0.15, 0.2) is 0 Å². The first-order valence-electron chi connectivity index (χ1n) is 7.35. The molecule has 0 amide bonds. The summed E-state index contributed by atoms with van der Waals surface area (Å²) in [4.78, 5) is 11.4. The van der Waals surface area contributed by atoms with Crippen molar-refractivity contribution in [3.63, 3.8) is 0 Å². The second-order valence-corrected chi connectivity index (χ2v) is 5.11. The fourth-order valence-electron chi connectivity index (χ4n) is 1.87. The molecule has 0 rings (SSSR count). The van der Waals surface area contributed by atoms with E-state index in [0.29, 0.717) is 19.6 Å². The lowest BCUT2D eigenvalue weighted by Gasteiger charge is -2.10. The maximum atomic E-state index is 11.4. The van der Waals surface area contributed by atoms with Gasteiger partial charge in [-0.25, -0.2) is 0 Å². The molecular weight excluding hydrogens is 228 g/mol. The smallest absolute Gasteiger partial charge is 0.305 e. The summed E-state index contributed by atoms with van der Waals surface area (Å²) in [6.07, 6.45) is 9.16. The van der Waals surface area contributed by atoms with E-state index in [0.717, 1.165) is 12.8 Å². The predicted molar refractivity (Wildman–Crippen MR) is 74.6 cm³/mol. The van der Waals surface area contributed by atoms with Crippen LogP contribution in [-0.4, -0.2) is 26.3 Å². The summed E-state index contributed by atoms with van der Waals surface area (Å²) in [5.74, 6) is 0.222. The van der Waals surface area contributed by atoms with Crippen molar-refractivity contribution in [2.45, 2.75) is 65.2 Å². The van der Waals surface area contributed by atoms with E-state index < -0.39 is 0 Å². The Morgan fingerprint density at radius 2 is 1.61 bits per heavy atom. The molecule has 0 aliphatic rings. The van der Waals surface area contributed by atoms with Crippen LogP contribution >= 0.6 is 0 Å². The summed E-state index contributed by atoms with van der Waals surface area (Å²) in [5, 5.41) is 0. The van der Waals surface area contributed by atoms with Gasteiger partial charge >= 0.3 is 5.97 Å². The van der Waals surface area contributed by atoms with Crippen molar-refractivity contribution < 1.29 is 14.3 Å². The molecule has 0 radical (unpaired) electrons. The molecule has 0 N–H and O–H groups in total. The molecule has 0 saturated heterocycles. The summed E-state index contributed by atoms with van der Waals surface area (Å²) in [5.41, 5.74) is 0. The van der Waals surface area contributed by atoms with E-state index in [4.69, 9.17) is 9.47 Å². The van der Waals surface area contributed by atoms with Gasteiger partial charge in [-0.2, -0.15) is 0 Å². The van der Waals surface area contributed by atoms with Crippen molar-refractivity contribution in [2.75, 3.05) is 20.3 Å². The van der Waals surface area contributed by atoms with Gasteiger partial charge in [0, 0.05) is 19.4 Å². The third-order valence-electron chi connectivity index (χ3n) is 2.96. The van der Waals surface area contributed by atoms with Gasteiger partial charge < -0.3 is 9.47 Å². The quantitative estimate of drug-likeness (QED) is 0.393. The molecule has 1 atom stereocenters. The Kier molecular flexibility index (Phi) is 12.5. The highest BCUT2D eigenvalue weighted by Crippen LogP contribution is 2.09. The molecule has 0 saturated carbocycles. The third-order valence-corrected chi connectivity index (χ3v) is 2.96. The highest BCUT2D eigenvalue weighted by Gasteiger charge is 2.06. The Labute approximate surface area is 112 Å². The van der Waals surface area contributed by atoms with Crippen LogP contribution in [0.25, 0.3) is 0 Å². The first kappa shape index (κ1) is 17.4. The molecule has 0 bridgehead atoms. The van der Waals surface area contributed by atoms with Gasteiger partial charge in [0.1, 0.15) is 0 Å². The number of carbonyl (C=O) groups excluding carboxylic acids is 1. The largest absolute Gasteiger partial charge is 0.465 e. The Balaban J connectivity index is 3.26. The Bertz CT molecular complexity index is 192. The van der Waals surface area contributed by atoms with Crippen LogP contribution in [0.15, 0.2) is 0 Å². The number of unbranched alkanes of at least 4 members (excludes halogenated alkanes) is 6. The maximum Gasteiger partial charge on any atom is 0.305 e. The molecule has 0 aliphatic heterocycles. The second kappa shape index (κ2) is 12.9. The monoisotopic (exact) mass is 258 g/mol. The molecular formula is C15H30O3. The van der Waals surface area contributed by atoms with Crippen LogP contribution in [0.2, 0.25) is 0 Å². The van der Waals surface area contributed by atoms with E-state index in [9.17, 15) is 4.79 Å². The van der Waals surface area contributed by atoms with Crippen molar-refractivity contribution in [2.24, 2.45) is 5.92 Å². The third kappa shape index (κ3) is 11.9. The van der Waals surface area contributed by atoms with Gasteiger partial charge in [-0.3, -0.25) is 4.79 Å². The normalized spacial score (nSPS) is 12.4. The topological polar surface area (TPSA) is 35.5 Å². The van der Waals surface area contributed by atoms with Crippen LogP contribution in [0.1, 0.15) is 65.2 Å².